The number of allylic oxidation sites excluding steroid dienone is 1. The number of carbonyl (C=O) groups is 1. The monoisotopic (exact) mass is 468 g/mol. The Kier molecular flexibility index (Phi) is 7.01. The highest BCUT2D eigenvalue weighted by atomic mass is 32.2. The van der Waals surface area contributed by atoms with Crippen LogP contribution in [0.25, 0.3) is 10.2 Å². The third-order valence-electron chi connectivity index (χ3n) is 5.71. The van der Waals surface area contributed by atoms with E-state index in [1.165, 1.54) is 22.2 Å². The van der Waals surface area contributed by atoms with Crippen molar-refractivity contribution in [3.63, 3.8) is 0 Å². The van der Waals surface area contributed by atoms with Crippen molar-refractivity contribution < 1.29 is 4.79 Å². The number of fused-ring (bicyclic) bond motifs is 3. The maximum absolute atomic E-state index is 13.2. The van der Waals surface area contributed by atoms with Gasteiger partial charge in [-0.3, -0.25) is 14.2 Å². The van der Waals surface area contributed by atoms with Gasteiger partial charge in [0, 0.05) is 35.9 Å². The summed E-state index contributed by atoms with van der Waals surface area (Å²) in [5.74, 6) is 0.0524. The molecule has 0 radical (unpaired) electrons. The summed E-state index contributed by atoms with van der Waals surface area (Å²) in [6.07, 6.45) is 4.77. The van der Waals surface area contributed by atoms with Gasteiger partial charge in [0.25, 0.3) is 5.56 Å². The number of amides is 1. The molecule has 0 saturated heterocycles. The molecule has 0 saturated carbocycles. The van der Waals surface area contributed by atoms with E-state index in [9.17, 15) is 9.59 Å². The molecule has 1 N–H and O–H groups in total. The first-order valence-electron chi connectivity index (χ1n) is 11.0. The summed E-state index contributed by atoms with van der Waals surface area (Å²) < 4.78 is 1.64. The molecule has 1 aromatic carbocycles. The molecule has 0 fully saturated rings. The number of nitrogens with zero attached hydrogens (tertiary/aromatic N) is 3. The quantitative estimate of drug-likeness (QED) is 0.280. The van der Waals surface area contributed by atoms with Crippen molar-refractivity contribution in [2.75, 3.05) is 29.1 Å². The van der Waals surface area contributed by atoms with E-state index in [2.05, 4.69) is 30.6 Å². The van der Waals surface area contributed by atoms with Gasteiger partial charge < -0.3 is 10.2 Å². The molecule has 2 aromatic heterocycles. The first-order valence-corrected chi connectivity index (χ1v) is 12.8. The molecular weight excluding hydrogens is 440 g/mol. The fourth-order valence-corrected chi connectivity index (χ4v) is 6.24. The molecule has 0 spiro atoms. The summed E-state index contributed by atoms with van der Waals surface area (Å²) >= 11 is 2.91. The van der Waals surface area contributed by atoms with E-state index in [4.69, 9.17) is 4.98 Å². The van der Waals surface area contributed by atoms with Crippen LogP contribution in [0.4, 0.5) is 11.4 Å². The van der Waals surface area contributed by atoms with E-state index in [-0.39, 0.29) is 17.2 Å². The molecule has 2 heterocycles. The number of aromatic nitrogens is 2. The van der Waals surface area contributed by atoms with Crippen LogP contribution in [0.15, 0.2) is 46.9 Å². The van der Waals surface area contributed by atoms with Gasteiger partial charge in [-0.1, -0.05) is 17.8 Å². The maximum atomic E-state index is 13.2. The Morgan fingerprint density at radius 2 is 2.03 bits per heavy atom. The largest absolute Gasteiger partial charge is 0.372 e. The lowest BCUT2D eigenvalue weighted by Crippen LogP contribution is -2.24. The Bertz CT molecular complexity index is 1190. The summed E-state index contributed by atoms with van der Waals surface area (Å²) in [6, 6.07) is 7.87. The van der Waals surface area contributed by atoms with Crippen LogP contribution in [0.1, 0.15) is 30.7 Å². The van der Waals surface area contributed by atoms with E-state index in [0.29, 0.717) is 11.7 Å². The van der Waals surface area contributed by atoms with Crippen LogP contribution in [0, 0.1) is 0 Å². The van der Waals surface area contributed by atoms with Gasteiger partial charge in [-0.15, -0.1) is 17.9 Å². The van der Waals surface area contributed by atoms with Crippen molar-refractivity contribution >= 4 is 50.6 Å². The van der Waals surface area contributed by atoms with Crippen molar-refractivity contribution in [2.45, 2.75) is 44.8 Å². The molecule has 32 heavy (non-hydrogen) atoms. The number of aryl methyl sites for hydroxylation is 2. The molecule has 6 nitrogen and oxygen atoms in total. The molecule has 8 heteroatoms. The topological polar surface area (TPSA) is 67.2 Å². The minimum Gasteiger partial charge on any atom is -0.372 e. The smallest absolute Gasteiger partial charge is 0.263 e. The van der Waals surface area contributed by atoms with Crippen molar-refractivity contribution in [3.8, 4) is 0 Å². The first-order chi connectivity index (χ1) is 15.5. The number of thioether (sulfide) groups is 1. The second-order valence-corrected chi connectivity index (χ2v) is 9.72. The molecule has 1 aliphatic rings. The average Bonchev–Trinajstić information content (AvgIpc) is 3.37. The highest BCUT2D eigenvalue weighted by Crippen LogP contribution is 2.35. The number of nitrogens with one attached hydrogen (secondary N) is 1. The first kappa shape index (κ1) is 22.6. The molecular formula is C24H28N4O2S2. The molecule has 1 aliphatic carbocycles. The molecule has 1 amide bonds. The predicted octanol–water partition coefficient (Wildman–Crippen LogP) is 4.71. The highest BCUT2D eigenvalue weighted by Gasteiger charge is 2.23. The number of hydrogen-bond donors (Lipinski definition) is 1. The Morgan fingerprint density at radius 3 is 2.72 bits per heavy atom. The molecule has 0 unspecified atom stereocenters. The molecule has 3 aromatic rings. The van der Waals surface area contributed by atoms with E-state index in [0.717, 1.165) is 53.9 Å². The summed E-state index contributed by atoms with van der Waals surface area (Å²) in [4.78, 5) is 34.8. The van der Waals surface area contributed by atoms with Crippen molar-refractivity contribution in [2.24, 2.45) is 0 Å². The van der Waals surface area contributed by atoms with Crippen molar-refractivity contribution in [1.82, 2.24) is 9.55 Å². The Balaban J connectivity index is 1.49. The van der Waals surface area contributed by atoms with Crippen LogP contribution < -0.4 is 15.8 Å². The molecule has 0 bridgehead atoms. The van der Waals surface area contributed by atoms with Crippen LogP contribution in [0.5, 0.6) is 0 Å². The standard InChI is InChI=1S/C24H28N4O2S2/c1-4-14-28-23(30)21-18-8-7-9-19(18)32-22(21)26-24(28)31-15-20(29)25-16-10-12-17(13-11-16)27(5-2)6-3/h4,10-13H,1,5-9,14-15H2,2-3H3,(H,25,29). The fourth-order valence-electron chi connectivity index (χ4n) is 4.13. The SMILES string of the molecule is C=CCn1c(SCC(=O)Nc2ccc(N(CC)CC)cc2)nc2sc3c(c2c1=O)CCC3. The average molecular weight is 469 g/mol. The van der Waals surface area contributed by atoms with Gasteiger partial charge in [-0.25, -0.2) is 4.98 Å². The Labute approximate surface area is 196 Å². The number of benzene rings is 1. The molecule has 0 atom stereocenters. The third-order valence-corrected chi connectivity index (χ3v) is 7.88. The summed E-state index contributed by atoms with van der Waals surface area (Å²) in [6.45, 7) is 10.3. The van der Waals surface area contributed by atoms with E-state index in [1.807, 2.05) is 24.3 Å². The zero-order valence-corrected chi connectivity index (χ0v) is 20.2. The normalized spacial score (nSPS) is 12.7. The van der Waals surface area contributed by atoms with E-state index in [1.54, 1.807) is 22.0 Å². The minimum absolute atomic E-state index is 0.0239. The summed E-state index contributed by atoms with van der Waals surface area (Å²) in [7, 11) is 0. The fraction of sp³-hybridized carbons (Fsp3) is 0.375. The number of rotatable bonds is 9. The van der Waals surface area contributed by atoms with Crippen molar-refractivity contribution in [1.29, 1.82) is 0 Å². The van der Waals surface area contributed by atoms with Crippen LogP contribution in [-0.2, 0) is 24.2 Å². The highest BCUT2D eigenvalue weighted by molar-refractivity contribution is 7.99. The zero-order valence-electron chi connectivity index (χ0n) is 18.5. The number of hydrogen-bond acceptors (Lipinski definition) is 6. The Hall–Kier alpha value is -2.58. The van der Waals surface area contributed by atoms with Gasteiger partial charge in [-0.2, -0.15) is 0 Å². The molecule has 0 aliphatic heterocycles. The molecule has 4 rings (SSSR count). The van der Waals surface area contributed by atoms with Crippen LogP contribution in [-0.4, -0.2) is 34.3 Å². The predicted molar refractivity (Wildman–Crippen MR) is 135 cm³/mol. The van der Waals surface area contributed by atoms with Gasteiger partial charge in [0.2, 0.25) is 5.91 Å². The van der Waals surface area contributed by atoms with Gasteiger partial charge in [0.15, 0.2) is 5.16 Å². The second kappa shape index (κ2) is 9.92. The zero-order chi connectivity index (χ0) is 22.7. The summed E-state index contributed by atoms with van der Waals surface area (Å²) in [5.41, 5.74) is 3.04. The minimum atomic E-state index is -0.126. The van der Waals surface area contributed by atoms with Gasteiger partial charge in [0.1, 0.15) is 4.83 Å². The number of anilines is 2. The van der Waals surface area contributed by atoms with Crippen LogP contribution >= 0.6 is 23.1 Å². The Morgan fingerprint density at radius 1 is 1.28 bits per heavy atom. The number of thiophene rings is 1. The summed E-state index contributed by atoms with van der Waals surface area (Å²) in [5, 5.41) is 4.26. The van der Waals surface area contributed by atoms with Gasteiger partial charge in [0.05, 0.1) is 11.1 Å². The van der Waals surface area contributed by atoms with Gasteiger partial charge in [-0.05, 0) is 62.9 Å². The lowest BCUT2D eigenvalue weighted by Gasteiger charge is -2.21. The maximum Gasteiger partial charge on any atom is 0.263 e. The van der Waals surface area contributed by atoms with Crippen molar-refractivity contribution in [3.05, 3.63) is 57.7 Å². The van der Waals surface area contributed by atoms with Crippen LogP contribution in [0.2, 0.25) is 0 Å². The van der Waals surface area contributed by atoms with E-state index >= 15 is 0 Å². The lowest BCUT2D eigenvalue weighted by molar-refractivity contribution is -0.113. The van der Waals surface area contributed by atoms with E-state index < -0.39 is 0 Å². The lowest BCUT2D eigenvalue weighted by atomic mass is 10.2. The van der Waals surface area contributed by atoms with Crippen LogP contribution in [0.3, 0.4) is 0 Å². The second-order valence-electron chi connectivity index (χ2n) is 7.69. The van der Waals surface area contributed by atoms with Gasteiger partial charge >= 0.3 is 0 Å². The third kappa shape index (κ3) is 4.47. The number of carbonyl (C=O) groups excluding carboxylic acids is 1. The molecule has 168 valence electrons.